The maximum atomic E-state index is 7.87. The summed E-state index contributed by atoms with van der Waals surface area (Å²) in [6.45, 7) is 4.82. The molecule has 2 N–H and O–H groups in total. The molecule has 0 radical (unpaired) electrons. The van der Waals surface area contributed by atoms with Crippen molar-refractivity contribution in [1.82, 2.24) is 5.32 Å². The third-order valence-electron chi connectivity index (χ3n) is 0.606. The lowest BCUT2D eigenvalue weighted by Gasteiger charge is -1.89. The molecule has 0 rings (SSSR count). The molecule has 0 saturated carbocycles. The van der Waals surface area contributed by atoms with Crippen molar-refractivity contribution in [3.63, 3.8) is 0 Å². The van der Waals surface area contributed by atoms with Gasteiger partial charge in [0.2, 0.25) is 0 Å². The molecule has 0 fully saturated rings. The molecule has 3 heteroatoms. The van der Waals surface area contributed by atoms with Crippen molar-refractivity contribution >= 4 is 6.21 Å². The standard InChI is InChI=1S/C5H10N2O/c1-2-3-6-4-5-7-8/h2,5-6,8H,1,3-4H2/b7-5+. The van der Waals surface area contributed by atoms with Crippen LogP contribution in [0.1, 0.15) is 0 Å². The van der Waals surface area contributed by atoms with E-state index in [1.807, 2.05) is 0 Å². The molecule has 0 bridgehead atoms. The molecule has 46 valence electrons. The molecule has 0 aliphatic carbocycles. The van der Waals surface area contributed by atoms with Gasteiger partial charge in [-0.1, -0.05) is 6.08 Å². The van der Waals surface area contributed by atoms with E-state index >= 15 is 0 Å². The lowest BCUT2D eigenvalue weighted by atomic mass is 10.6. The number of oxime groups is 1. The first-order valence-corrected chi connectivity index (χ1v) is 2.39. The van der Waals surface area contributed by atoms with Crippen molar-refractivity contribution in [3.05, 3.63) is 12.7 Å². The zero-order chi connectivity index (χ0) is 6.24. The van der Waals surface area contributed by atoms with Crippen molar-refractivity contribution in [2.24, 2.45) is 5.16 Å². The third-order valence-corrected chi connectivity index (χ3v) is 0.606. The molecule has 0 unspecified atom stereocenters. The second-order valence-electron chi connectivity index (χ2n) is 1.24. The Morgan fingerprint density at radius 2 is 2.38 bits per heavy atom. The minimum Gasteiger partial charge on any atom is -0.411 e. The number of hydrogen-bond donors (Lipinski definition) is 2. The Morgan fingerprint density at radius 3 is 2.88 bits per heavy atom. The van der Waals surface area contributed by atoms with Gasteiger partial charge in [-0.15, -0.1) is 11.7 Å². The first kappa shape index (κ1) is 7.17. The molecule has 8 heavy (non-hydrogen) atoms. The third kappa shape index (κ3) is 5.17. The molecule has 3 nitrogen and oxygen atoms in total. The van der Waals surface area contributed by atoms with Gasteiger partial charge in [-0.05, 0) is 0 Å². The van der Waals surface area contributed by atoms with E-state index in [0.717, 1.165) is 6.54 Å². The highest BCUT2D eigenvalue weighted by Gasteiger charge is 1.73. The van der Waals surface area contributed by atoms with Crippen LogP contribution >= 0.6 is 0 Å². The van der Waals surface area contributed by atoms with Gasteiger partial charge in [-0.3, -0.25) is 0 Å². The summed E-state index contributed by atoms with van der Waals surface area (Å²) >= 11 is 0. The predicted octanol–water partition coefficient (Wildman–Crippen LogP) is 0.222. The summed E-state index contributed by atoms with van der Waals surface area (Å²) in [5.41, 5.74) is 0. The van der Waals surface area contributed by atoms with Gasteiger partial charge in [-0.2, -0.15) is 0 Å². The molecule has 0 aromatic carbocycles. The van der Waals surface area contributed by atoms with Crippen molar-refractivity contribution in [1.29, 1.82) is 0 Å². The Hall–Kier alpha value is -0.830. The van der Waals surface area contributed by atoms with E-state index in [2.05, 4.69) is 17.1 Å². The Balaban J connectivity index is 2.82. The van der Waals surface area contributed by atoms with Crippen LogP contribution in [0.4, 0.5) is 0 Å². The van der Waals surface area contributed by atoms with Gasteiger partial charge in [0.15, 0.2) is 0 Å². The van der Waals surface area contributed by atoms with Crippen molar-refractivity contribution in [2.45, 2.75) is 0 Å². The first-order valence-electron chi connectivity index (χ1n) is 2.39. The highest BCUT2D eigenvalue weighted by molar-refractivity contribution is 5.58. The molecular formula is C5H10N2O. The molecule has 0 aromatic rings. The topological polar surface area (TPSA) is 44.6 Å². The quantitative estimate of drug-likeness (QED) is 0.180. The van der Waals surface area contributed by atoms with Crippen molar-refractivity contribution in [3.8, 4) is 0 Å². The summed E-state index contributed by atoms with van der Waals surface area (Å²) in [6, 6.07) is 0. The van der Waals surface area contributed by atoms with E-state index in [1.165, 1.54) is 6.21 Å². The van der Waals surface area contributed by atoms with Crippen LogP contribution in [-0.4, -0.2) is 24.5 Å². The largest absolute Gasteiger partial charge is 0.411 e. The lowest BCUT2D eigenvalue weighted by molar-refractivity contribution is 0.320. The fourth-order valence-corrected chi connectivity index (χ4v) is 0.291. The van der Waals surface area contributed by atoms with Gasteiger partial charge in [0.25, 0.3) is 0 Å². The Kier molecular flexibility index (Phi) is 5.53. The number of hydrogen-bond acceptors (Lipinski definition) is 3. The van der Waals surface area contributed by atoms with Crippen LogP contribution in [-0.2, 0) is 0 Å². The second-order valence-corrected chi connectivity index (χ2v) is 1.24. The van der Waals surface area contributed by atoms with E-state index in [9.17, 15) is 0 Å². The zero-order valence-corrected chi connectivity index (χ0v) is 4.67. The van der Waals surface area contributed by atoms with E-state index in [0.29, 0.717) is 6.54 Å². The van der Waals surface area contributed by atoms with Gasteiger partial charge >= 0.3 is 0 Å². The average Bonchev–Trinajstić information content (AvgIpc) is 1.81. The fourth-order valence-electron chi connectivity index (χ4n) is 0.291. The summed E-state index contributed by atoms with van der Waals surface area (Å²) in [5, 5.41) is 13.6. The molecule has 0 heterocycles. The van der Waals surface area contributed by atoms with Crippen LogP contribution in [0, 0.1) is 0 Å². The predicted molar refractivity (Wildman–Crippen MR) is 33.3 cm³/mol. The van der Waals surface area contributed by atoms with E-state index in [4.69, 9.17) is 5.21 Å². The highest BCUT2D eigenvalue weighted by Crippen LogP contribution is 1.57. The molecule has 0 aromatic heterocycles. The summed E-state index contributed by atoms with van der Waals surface area (Å²) in [6.07, 6.45) is 3.12. The van der Waals surface area contributed by atoms with Crippen molar-refractivity contribution in [2.75, 3.05) is 13.1 Å². The van der Waals surface area contributed by atoms with Crippen LogP contribution in [0.25, 0.3) is 0 Å². The smallest absolute Gasteiger partial charge is 0.0574 e. The normalized spacial score (nSPS) is 10.0. The summed E-state index contributed by atoms with van der Waals surface area (Å²) in [4.78, 5) is 0. The fraction of sp³-hybridized carbons (Fsp3) is 0.400. The van der Waals surface area contributed by atoms with E-state index in [-0.39, 0.29) is 0 Å². The lowest BCUT2D eigenvalue weighted by Crippen LogP contribution is -2.15. The number of nitrogens with zero attached hydrogens (tertiary/aromatic N) is 1. The minimum absolute atomic E-state index is 0.586. The van der Waals surface area contributed by atoms with Crippen LogP contribution in [0.15, 0.2) is 17.8 Å². The average molecular weight is 114 g/mol. The second kappa shape index (κ2) is 6.17. The molecule has 0 atom stereocenters. The van der Waals surface area contributed by atoms with E-state index in [1.54, 1.807) is 6.08 Å². The molecule has 0 spiro atoms. The van der Waals surface area contributed by atoms with E-state index < -0.39 is 0 Å². The summed E-state index contributed by atoms with van der Waals surface area (Å²) in [5.74, 6) is 0. The van der Waals surface area contributed by atoms with Gasteiger partial charge in [-0.25, -0.2) is 0 Å². The Bertz CT molecular complexity index is 80.5. The van der Waals surface area contributed by atoms with Gasteiger partial charge in [0.1, 0.15) is 0 Å². The van der Waals surface area contributed by atoms with Crippen LogP contribution < -0.4 is 5.32 Å². The Labute approximate surface area is 48.7 Å². The van der Waals surface area contributed by atoms with Gasteiger partial charge in [0.05, 0.1) is 6.21 Å². The zero-order valence-electron chi connectivity index (χ0n) is 4.67. The Morgan fingerprint density at radius 1 is 1.62 bits per heavy atom. The highest BCUT2D eigenvalue weighted by atomic mass is 16.4. The monoisotopic (exact) mass is 114 g/mol. The van der Waals surface area contributed by atoms with Gasteiger partial charge in [0, 0.05) is 13.1 Å². The van der Waals surface area contributed by atoms with Crippen LogP contribution in [0.2, 0.25) is 0 Å². The summed E-state index contributed by atoms with van der Waals surface area (Å²) < 4.78 is 0. The first-order chi connectivity index (χ1) is 3.91. The minimum atomic E-state index is 0.586. The molecule has 0 aliphatic heterocycles. The van der Waals surface area contributed by atoms with Crippen LogP contribution in [0.5, 0.6) is 0 Å². The molecule has 0 amide bonds. The molecule has 0 aliphatic rings. The maximum absolute atomic E-state index is 7.87. The number of nitrogens with one attached hydrogen (secondary N) is 1. The van der Waals surface area contributed by atoms with Gasteiger partial charge < -0.3 is 10.5 Å². The maximum Gasteiger partial charge on any atom is 0.0574 e. The van der Waals surface area contributed by atoms with Crippen LogP contribution in [0.3, 0.4) is 0 Å². The molecule has 0 saturated heterocycles. The number of rotatable bonds is 4. The molecular weight excluding hydrogens is 104 g/mol. The summed E-state index contributed by atoms with van der Waals surface area (Å²) in [7, 11) is 0. The van der Waals surface area contributed by atoms with Crippen molar-refractivity contribution < 1.29 is 5.21 Å². The SMILES string of the molecule is C=CCNC/C=N/O.